The summed E-state index contributed by atoms with van der Waals surface area (Å²) >= 11 is 5.07. The number of rotatable bonds is 0. The normalized spacial score (nSPS) is 17.2. The van der Waals surface area contributed by atoms with E-state index in [2.05, 4.69) is 28.6 Å². The molecule has 1 saturated heterocycles. The van der Waals surface area contributed by atoms with E-state index >= 15 is 0 Å². The zero-order chi connectivity index (χ0) is 6.24. The average molecular weight is 476 g/mol. The fraction of sp³-hybridized carbons (Fsp3) is 1.00. The Morgan fingerprint density at radius 3 is 1.62 bits per heavy atom. The van der Waals surface area contributed by atoms with Crippen molar-refractivity contribution < 1.29 is 30.2 Å². The van der Waals surface area contributed by atoms with Gasteiger partial charge in [-0.3, -0.25) is 0 Å². The quantitative estimate of drug-likeness (QED) is 0.489. The van der Waals surface area contributed by atoms with Crippen LogP contribution in [0, 0.1) is 25.5 Å². The first-order valence-electron chi connectivity index (χ1n) is 2.39. The van der Waals surface area contributed by atoms with Crippen LogP contribution in [0.4, 0.5) is 0 Å². The van der Waals surface area contributed by atoms with E-state index in [4.69, 9.17) is 4.74 Å². The van der Waals surface area contributed by atoms with E-state index in [0.29, 0.717) is 0 Å². The van der Waals surface area contributed by atoms with Crippen molar-refractivity contribution in [1.29, 1.82) is 0 Å². The van der Waals surface area contributed by atoms with E-state index in [1.807, 2.05) is 0 Å². The number of hydrogen-bond donors (Lipinski definition) is 0. The van der Waals surface area contributed by atoms with Gasteiger partial charge in [0.1, 0.15) is 0 Å². The minimum atomic E-state index is 0.190. The molecule has 0 bridgehead atoms. The Bertz CT molecular complexity index is 33.4. The molecule has 1 heterocycles. The first kappa shape index (κ1) is 10.8. The molecule has 0 unspecified atom stereocenters. The summed E-state index contributed by atoms with van der Waals surface area (Å²) < 4.78 is 4.94. The van der Waals surface area contributed by atoms with Crippen molar-refractivity contribution >= 4 is 28.6 Å². The summed E-state index contributed by atoms with van der Waals surface area (Å²) in [5.41, 5.74) is 0. The van der Waals surface area contributed by atoms with Crippen molar-refractivity contribution in [3.63, 3.8) is 0 Å². The van der Waals surface area contributed by atoms with Crippen molar-refractivity contribution in [3.05, 3.63) is 0 Å². The van der Waals surface area contributed by atoms with Gasteiger partial charge in [0.25, 0.3) is 0 Å². The molecule has 0 amide bonds. The molecule has 1 aliphatic rings. The van der Waals surface area contributed by atoms with Gasteiger partial charge in [0.15, 0.2) is 0 Å². The molecule has 0 spiro atoms. The Morgan fingerprint density at radius 1 is 1.12 bits per heavy atom. The van der Waals surface area contributed by atoms with Crippen molar-refractivity contribution in [3.8, 4) is 0 Å². The van der Waals surface area contributed by atoms with Gasteiger partial charge in [-0.15, -0.1) is 0 Å². The van der Waals surface area contributed by atoms with Gasteiger partial charge in [-0.1, -0.05) is 0 Å². The first-order valence-corrected chi connectivity index (χ1v) is 17.4. The van der Waals surface area contributed by atoms with Gasteiger partial charge >= 0.3 is 54.0 Å². The molecule has 0 N–H and O–H groups in total. The fourth-order valence-corrected chi connectivity index (χ4v) is 0.510. The summed E-state index contributed by atoms with van der Waals surface area (Å²) in [6, 6.07) is 0. The van der Waals surface area contributed by atoms with Crippen LogP contribution in [-0.2, 0) is 4.74 Å². The molecule has 0 atom stereocenters. The number of hydrogen-bond acceptors (Lipinski definition) is 1. The molecule has 0 aromatic carbocycles. The maximum atomic E-state index is 4.94. The van der Waals surface area contributed by atoms with Crippen LogP contribution in [0.5, 0.6) is 0 Å². The zero-order valence-corrected chi connectivity index (χ0v) is 11.3. The van der Waals surface area contributed by atoms with Gasteiger partial charge in [0, 0.05) is 13.2 Å². The topological polar surface area (TPSA) is 9.23 Å². The van der Waals surface area contributed by atoms with Gasteiger partial charge in [-0.25, -0.2) is 0 Å². The third-order valence-corrected chi connectivity index (χ3v) is 0.827. The second-order valence-corrected chi connectivity index (χ2v) is 20.8. The van der Waals surface area contributed by atoms with E-state index in [9.17, 15) is 0 Å². The minimum absolute atomic E-state index is 0.190. The van der Waals surface area contributed by atoms with E-state index < -0.39 is 0 Å². The third kappa shape index (κ3) is 8.76. The SMILES string of the molecule is C1CCOC1.[I][Sm][I]. The van der Waals surface area contributed by atoms with Crippen molar-refractivity contribution in [2.45, 2.75) is 12.8 Å². The van der Waals surface area contributed by atoms with E-state index in [1.165, 1.54) is 12.8 Å². The van der Waals surface area contributed by atoms with Gasteiger partial charge in [-0.05, 0) is 12.8 Å². The van der Waals surface area contributed by atoms with E-state index in [1.54, 1.807) is 0 Å². The Hall–Kier alpha value is 2.76. The van der Waals surface area contributed by atoms with Crippen LogP contribution in [0.25, 0.3) is 0 Å². The van der Waals surface area contributed by atoms with Gasteiger partial charge in [0.05, 0.1) is 0 Å². The summed E-state index contributed by atoms with van der Waals surface area (Å²) in [4.78, 5) is 0. The van der Waals surface area contributed by atoms with Crippen LogP contribution in [0.2, 0.25) is 0 Å². The average Bonchev–Trinajstić information content (AvgIpc) is 2.17. The molecule has 1 rings (SSSR count). The molecule has 0 aliphatic carbocycles. The Balaban J connectivity index is 0.000000145. The van der Waals surface area contributed by atoms with E-state index in [0.717, 1.165) is 13.2 Å². The molecule has 1 aliphatic heterocycles. The summed E-state index contributed by atoms with van der Waals surface area (Å²) in [5.74, 6) is 0. The van der Waals surface area contributed by atoms with Crippen LogP contribution < -0.4 is 0 Å². The predicted molar refractivity (Wildman–Crippen MR) is 48.1 cm³/mol. The summed E-state index contributed by atoms with van der Waals surface area (Å²) in [6.07, 6.45) is 2.56. The van der Waals surface area contributed by atoms with Crippen molar-refractivity contribution in [2.75, 3.05) is 13.2 Å². The molecular weight excluding hydrogens is 468 g/mol. The van der Waals surface area contributed by atoms with Crippen LogP contribution >= 0.6 is 28.6 Å². The molecule has 50 valence electrons. The first-order chi connectivity index (χ1) is 3.91. The van der Waals surface area contributed by atoms with Crippen LogP contribution in [0.3, 0.4) is 0 Å². The Morgan fingerprint density at radius 2 is 1.50 bits per heavy atom. The predicted octanol–water partition coefficient (Wildman–Crippen LogP) is 2.57. The molecule has 0 saturated carbocycles. The van der Waals surface area contributed by atoms with Crippen LogP contribution in [0.1, 0.15) is 12.8 Å². The standard InChI is InChI=1S/C4H8O.2HI.Sm/c1-2-4-5-3-1;;;/h1-4H2;2*1H;/q;;;+2/p-2. The summed E-state index contributed by atoms with van der Waals surface area (Å²) in [7, 11) is 0. The Labute approximate surface area is 82.5 Å². The molecule has 0 radical (unpaired) electrons. The van der Waals surface area contributed by atoms with Gasteiger partial charge in [0.2, 0.25) is 0 Å². The van der Waals surface area contributed by atoms with E-state index in [-0.39, 0.29) is 25.5 Å². The fourth-order valence-electron chi connectivity index (χ4n) is 0.510. The van der Waals surface area contributed by atoms with Crippen molar-refractivity contribution in [1.82, 2.24) is 0 Å². The molecular formula is C4H8I2OSm. The second-order valence-electron chi connectivity index (χ2n) is 1.38. The third-order valence-electron chi connectivity index (χ3n) is 0.827. The molecule has 8 heavy (non-hydrogen) atoms. The molecule has 0 aromatic rings. The van der Waals surface area contributed by atoms with Gasteiger partial charge < -0.3 is 4.74 Å². The second kappa shape index (κ2) is 9.76. The summed E-state index contributed by atoms with van der Waals surface area (Å²) in [6.45, 7) is 2.00. The molecule has 0 aromatic heterocycles. The van der Waals surface area contributed by atoms with Gasteiger partial charge in [-0.2, -0.15) is 0 Å². The maximum absolute atomic E-state index is 4.94. The van der Waals surface area contributed by atoms with Crippen molar-refractivity contribution in [2.24, 2.45) is 0 Å². The summed E-state index contributed by atoms with van der Waals surface area (Å²) in [5, 5.41) is 0. The number of halogens is 2. The Kier molecular flexibility index (Phi) is 13.1. The molecule has 4 heteroatoms. The van der Waals surface area contributed by atoms with Crippen LogP contribution in [-0.4, -0.2) is 13.2 Å². The zero-order valence-electron chi connectivity index (χ0n) is 4.40. The molecule has 1 nitrogen and oxygen atoms in total. The number of ether oxygens (including phenoxy) is 1. The molecule has 1 fully saturated rings. The van der Waals surface area contributed by atoms with Crippen LogP contribution in [0.15, 0.2) is 0 Å². The monoisotopic (exact) mass is 478 g/mol.